The van der Waals surface area contributed by atoms with E-state index in [1.165, 1.54) is 12.1 Å². The molecule has 0 aromatic heterocycles. The highest BCUT2D eigenvalue weighted by atomic mass is 19.1. The smallest absolute Gasteiger partial charge is 0.313 e. The highest BCUT2D eigenvalue weighted by Crippen LogP contribution is 2.35. The van der Waals surface area contributed by atoms with Crippen LogP contribution in [0.15, 0.2) is 18.2 Å². The quantitative estimate of drug-likeness (QED) is 0.633. The molecule has 1 unspecified atom stereocenters. The number of ketones is 1. The molecule has 21 heavy (non-hydrogen) atoms. The van der Waals surface area contributed by atoms with Gasteiger partial charge >= 0.3 is 5.97 Å². The maximum Gasteiger partial charge on any atom is 0.313 e. The van der Waals surface area contributed by atoms with Crippen molar-refractivity contribution in [2.45, 2.75) is 45.1 Å². The predicted molar refractivity (Wildman–Crippen MR) is 72.6 cm³/mol. The molecule has 1 atom stereocenters. The van der Waals surface area contributed by atoms with Crippen molar-refractivity contribution in [3.63, 3.8) is 0 Å². The lowest BCUT2D eigenvalue weighted by Crippen LogP contribution is -2.47. The number of ether oxygens (including phenoxy) is 1. The second kappa shape index (κ2) is 5.92. The normalized spacial score (nSPS) is 22.5. The third-order valence-electron chi connectivity index (χ3n) is 4.04. The van der Waals surface area contributed by atoms with Crippen LogP contribution in [0.25, 0.3) is 0 Å². The molecule has 0 bridgehead atoms. The molecule has 0 spiro atoms. The topological polar surface area (TPSA) is 43.4 Å². The first-order chi connectivity index (χ1) is 9.82. The number of carbonyl (C=O) groups excluding carboxylic acids is 2. The van der Waals surface area contributed by atoms with Gasteiger partial charge in [-0.3, -0.25) is 9.59 Å². The second-order valence-electron chi connectivity index (χ2n) is 5.82. The van der Waals surface area contributed by atoms with Crippen LogP contribution in [0, 0.1) is 17.6 Å². The first kappa shape index (κ1) is 15.6. The van der Waals surface area contributed by atoms with Crippen LogP contribution in [0.1, 0.15) is 38.7 Å². The zero-order valence-corrected chi connectivity index (χ0v) is 12.1. The monoisotopic (exact) mass is 296 g/mol. The van der Waals surface area contributed by atoms with Crippen LogP contribution in [-0.4, -0.2) is 17.4 Å². The van der Waals surface area contributed by atoms with Gasteiger partial charge in [-0.2, -0.15) is 0 Å². The summed E-state index contributed by atoms with van der Waals surface area (Å²) in [6.45, 7) is 3.74. The van der Waals surface area contributed by atoms with Crippen LogP contribution in [0.2, 0.25) is 0 Å². The first-order valence-electron chi connectivity index (χ1n) is 7.00. The summed E-state index contributed by atoms with van der Waals surface area (Å²) < 4.78 is 32.0. The van der Waals surface area contributed by atoms with Crippen molar-refractivity contribution in [2.24, 2.45) is 5.92 Å². The Balaban J connectivity index is 2.17. The van der Waals surface area contributed by atoms with Crippen molar-refractivity contribution in [1.82, 2.24) is 0 Å². The van der Waals surface area contributed by atoms with E-state index in [1.807, 2.05) is 13.8 Å². The Morgan fingerprint density at radius 2 is 2.00 bits per heavy atom. The van der Waals surface area contributed by atoms with Gasteiger partial charge in [-0.1, -0.05) is 19.9 Å². The molecule has 1 aromatic carbocycles. The molecular formula is C16H18F2O3. The first-order valence-corrected chi connectivity index (χ1v) is 7.00. The van der Waals surface area contributed by atoms with Crippen LogP contribution < -0.4 is 0 Å². The Labute approximate surface area is 122 Å². The molecule has 1 saturated heterocycles. The van der Waals surface area contributed by atoms with Crippen LogP contribution in [-0.2, 0) is 20.7 Å². The van der Waals surface area contributed by atoms with E-state index in [2.05, 4.69) is 0 Å². The molecule has 1 fully saturated rings. The Bertz CT molecular complexity index is 551. The van der Waals surface area contributed by atoms with Crippen LogP contribution in [0.3, 0.4) is 0 Å². The van der Waals surface area contributed by atoms with Crippen molar-refractivity contribution >= 4 is 11.8 Å². The summed E-state index contributed by atoms with van der Waals surface area (Å²) in [6, 6.07) is 3.40. The summed E-state index contributed by atoms with van der Waals surface area (Å²) in [7, 11) is 0. The highest BCUT2D eigenvalue weighted by Gasteiger charge is 2.43. The van der Waals surface area contributed by atoms with Crippen molar-refractivity contribution in [2.75, 3.05) is 0 Å². The minimum atomic E-state index is -0.896. The summed E-state index contributed by atoms with van der Waals surface area (Å²) >= 11 is 0. The lowest BCUT2D eigenvalue weighted by atomic mass is 9.78. The molecule has 0 amide bonds. The summed E-state index contributed by atoms with van der Waals surface area (Å²) in [6.07, 6.45) is 0.578. The standard InChI is InChI=1S/C16H18F2O3/c1-10(2)16(9-13(19)8-15(20)21-16)6-5-11-3-4-12(17)7-14(11)18/h3-4,7,10H,5-6,8-9H2,1-2H3. The third-order valence-corrected chi connectivity index (χ3v) is 4.04. The fourth-order valence-electron chi connectivity index (χ4n) is 2.68. The Kier molecular flexibility index (Phi) is 4.40. The van der Waals surface area contributed by atoms with Crippen LogP contribution >= 0.6 is 0 Å². The van der Waals surface area contributed by atoms with Crippen molar-refractivity contribution in [3.8, 4) is 0 Å². The molecule has 3 nitrogen and oxygen atoms in total. The number of halogens is 2. The second-order valence-corrected chi connectivity index (χ2v) is 5.82. The van der Waals surface area contributed by atoms with Crippen molar-refractivity contribution < 1.29 is 23.1 Å². The summed E-state index contributed by atoms with van der Waals surface area (Å²) in [5.41, 5.74) is -0.543. The maximum atomic E-state index is 13.7. The third kappa shape index (κ3) is 3.46. The highest BCUT2D eigenvalue weighted by molar-refractivity contribution is 5.98. The molecule has 0 saturated carbocycles. The van der Waals surface area contributed by atoms with E-state index in [0.717, 1.165) is 6.07 Å². The molecule has 2 rings (SSSR count). The zero-order chi connectivity index (χ0) is 15.6. The minimum absolute atomic E-state index is 0.0609. The summed E-state index contributed by atoms with van der Waals surface area (Å²) in [5, 5.41) is 0. The van der Waals surface area contributed by atoms with Crippen LogP contribution in [0.5, 0.6) is 0 Å². The number of cyclic esters (lactones) is 1. The predicted octanol–water partition coefficient (Wildman–Crippen LogP) is 3.20. The molecule has 1 heterocycles. The molecule has 0 aliphatic carbocycles. The lowest BCUT2D eigenvalue weighted by molar-refractivity contribution is -0.177. The van der Waals surface area contributed by atoms with Crippen molar-refractivity contribution in [3.05, 3.63) is 35.4 Å². The number of benzene rings is 1. The van der Waals surface area contributed by atoms with Gasteiger partial charge < -0.3 is 4.74 Å². The van der Waals surface area contributed by atoms with Crippen LogP contribution in [0.4, 0.5) is 8.78 Å². The van der Waals surface area contributed by atoms with E-state index in [1.54, 1.807) is 0 Å². The largest absolute Gasteiger partial charge is 0.458 e. The Hall–Kier alpha value is -1.78. The zero-order valence-electron chi connectivity index (χ0n) is 12.1. The van der Waals surface area contributed by atoms with E-state index in [0.29, 0.717) is 12.0 Å². The summed E-state index contributed by atoms with van der Waals surface area (Å²) in [4.78, 5) is 23.2. The average Bonchev–Trinajstić information content (AvgIpc) is 2.36. The number of carbonyl (C=O) groups is 2. The lowest BCUT2D eigenvalue weighted by Gasteiger charge is -2.39. The van der Waals surface area contributed by atoms with Gasteiger partial charge in [-0.25, -0.2) is 8.78 Å². The van der Waals surface area contributed by atoms with E-state index in [9.17, 15) is 18.4 Å². The molecular weight excluding hydrogens is 278 g/mol. The molecule has 114 valence electrons. The van der Waals surface area contributed by atoms with Gasteiger partial charge in [0.25, 0.3) is 0 Å². The van der Waals surface area contributed by atoms with Gasteiger partial charge in [0.15, 0.2) is 0 Å². The fraction of sp³-hybridized carbons (Fsp3) is 0.500. The molecule has 5 heteroatoms. The van der Waals surface area contributed by atoms with Crippen molar-refractivity contribution in [1.29, 1.82) is 0 Å². The van der Waals surface area contributed by atoms with E-state index < -0.39 is 23.2 Å². The molecule has 1 aliphatic rings. The van der Waals surface area contributed by atoms with Gasteiger partial charge in [0, 0.05) is 12.5 Å². The van der Waals surface area contributed by atoms with E-state index in [-0.39, 0.29) is 31.0 Å². The number of aryl methyl sites for hydroxylation is 1. The number of hydrogen-bond donors (Lipinski definition) is 0. The molecule has 0 radical (unpaired) electrons. The Morgan fingerprint density at radius 1 is 1.29 bits per heavy atom. The number of esters is 1. The SMILES string of the molecule is CC(C)C1(CCc2ccc(F)cc2F)CC(=O)CC(=O)O1. The number of rotatable bonds is 4. The molecule has 1 aromatic rings. The van der Waals surface area contributed by atoms with Gasteiger partial charge in [0.1, 0.15) is 29.4 Å². The Morgan fingerprint density at radius 3 is 2.57 bits per heavy atom. The molecule has 0 N–H and O–H groups in total. The van der Waals surface area contributed by atoms with E-state index in [4.69, 9.17) is 4.74 Å². The number of Topliss-reactive ketones (excluding diaryl/α,β-unsaturated/α-hetero) is 1. The minimum Gasteiger partial charge on any atom is -0.458 e. The average molecular weight is 296 g/mol. The number of hydrogen-bond acceptors (Lipinski definition) is 3. The van der Waals surface area contributed by atoms with E-state index >= 15 is 0 Å². The van der Waals surface area contributed by atoms with Gasteiger partial charge in [0.05, 0.1) is 0 Å². The summed E-state index contributed by atoms with van der Waals surface area (Å²) in [5.74, 6) is -2.00. The molecule has 1 aliphatic heterocycles. The fourth-order valence-corrected chi connectivity index (χ4v) is 2.68. The van der Waals surface area contributed by atoms with Gasteiger partial charge in [0.2, 0.25) is 0 Å². The maximum absolute atomic E-state index is 13.7. The van der Waals surface area contributed by atoms with Gasteiger partial charge in [-0.05, 0) is 30.4 Å². The van der Waals surface area contributed by atoms with Gasteiger partial charge in [-0.15, -0.1) is 0 Å².